The Morgan fingerprint density at radius 2 is 2.05 bits per heavy atom. The van der Waals surface area contributed by atoms with E-state index in [1.807, 2.05) is 30.1 Å². The lowest BCUT2D eigenvalue weighted by Gasteiger charge is -2.13. The van der Waals surface area contributed by atoms with E-state index in [4.69, 9.17) is 10.5 Å². The van der Waals surface area contributed by atoms with Crippen LogP contribution in [0.25, 0.3) is 0 Å². The number of nitrogens with two attached hydrogens (primary N) is 1. The summed E-state index contributed by atoms with van der Waals surface area (Å²) in [5.41, 5.74) is 9.64. The predicted octanol–water partition coefficient (Wildman–Crippen LogP) is 2.57. The fourth-order valence-corrected chi connectivity index (χ4v) is 2.40. The number of ether oxygens (including phenoxy) is 1. The third-order valence-electron chi connectivity index (χ3n) is 3.67. The van der Waals surface area contributed by atoms with Crippen LogP contribution in [0, 0.1) is 0 Å². The number of aromatic nitrogens is 2. The normalized spacial score (nSPS) is 16.1. The third kappa shape index (κ3) is 2.70. The highest BCUT2D eigenvalue weighted by atomic mass is 16.5. The van der Waals surface area contributed by atoms with Crippen LogP contribution in [-0.2, 0) is 13.5 Å². The molecule has 4 heteroatoms. The zero-order valence-corrected chi connectivity index (χ0v) is 12.0. The van der Waals surface area contributed by atoms with Gasteiger partial charge in [-0.05, 0) is 37.0 Å². The fourth-order valence-electron chi connectivity index (χ4n) is 2.40. The Bertz CT molecular complexity index is 584. The number of hydrogen-bond acceptors (Lipinski definition) is 3. The van der Waals surface area contributed by atoms with E-state index in [-0.39, 0.29) is 6.04 Å². The molecule has 0 bridgehead atoms. The van der Waals surface area contributed by atoms with Crippen LogP contribution in [0.5, 0.6) is 5.75 Å². The molecule has 1 atom stereocenters. The number of benzene rings is 1. The van der Waals surface area contributed by atoms with Gasteiger partial charge in [-0.1, -0.05) is 19.1 Å². The van der Waals surface area contributed by atoms with Crippen molar-refractivity contribution in [3.05, 3.63) is 47.3 Å². The van der Waals surface area contributed by atoms with Crippen molar-refractivity contribution in [1.29, 1.82) is 0 Å². The van der Waals surface area contributed by atoms with Crippen molar-refractivity contribution in [3.8, 4) is 5.75 Å². The fraction of sp³-hybridized carbons (Fsp3) is 0.438. The monoisotopic (exact) mass is 271 g/mol. The van der Waals surface area contributed by atoms with Gasteiger partial charge in [0.05, 0.1) is 17.8 Å². The molecule has 1 fully saturated rings. The van der Waals surface area contributed by atoms with E-state index in [1.165, 1.54) is 12.8 Å². The highest BCUT2D eigenvalue weighted by Crippen LogP contribution is 2.28. The van der Waals surface area contributed by atoms with Crippen molar-refractivity contribution in [1.82, 2.24) is 9.78 Å². The van der Waals surface area contributed by atoms with Gasteiger partial charge in [-0.3, -0.25) is 4.68 Å². The molecule has 1 heterocycles. The average Bonchev–Trinajstić information content (AvgIpc) is 3.19. The number of hydrogen-bond donors (Lipinski definition) is 1. The molecule has 20 heavy (non-hydrogen) atoms. The molecule has 0 radical (unpaired) electrons. The molecule has 1 aromatic carbocycles. The molecule has 0 saturated heterocycles. The van der Waals surface area contributed by atoms with Crippen LogP contribution >= 0.6 is 0 Å². The summed E-state index contributed by atoms with van der Waals surface area (Å²) in [5.74, 6) is 0.936. The SMILES string of the molecule is CCc1nn(C)cc1C(N)c1ccc(OC2CC2)cc1. The maximum absolute atomic E-state index is 6.38. The molecule has 0 aliphatic heterocycles. The first kappa shape index (κ1) is 13.2. The number of aryl methyl sites for hydroxylation is 2. The van der Waals surface area contributed by atoms with Gasteiger partial charge in [-0.2, -0.15) is 5.10 Å². The van der Waals surface area contributed by atoms with E-state index in [2.05, 4.69) is 24.2 Å². The molecule has 1 aromatic heterocycles. The van der Waals surface area contributed by atoms with Crippen molar-refractivity contribution in [2.75, 3.05) is 0 Å². The second-order valence-corrected chi connectivity index (χ2v) is 5.42. The molecule has 1 saturated carbocycles. The van der Waals surface area contributed by atoms with Crippen LogP contribution in [-0.4, -0.2) is 15.9 Å². The lowest BCUT2D eigenvalue weighted by atomic mass is 9.99. The van der Waals surface area contributed by atoms with Crippen LogP contribution in [0.15, 0.2) is 30.5 Å². The van der Waals surface area contributed by atoms with Crippen molar-refractivity contribution >= 4 is 0 Å². The lowest BCUT2D eigenvalue weighted by molar-refractivity contribution is 0.303. The molecule has 0 amide bonds. The predicted molar refractivity (Wildman–Crippen MR) is 78.7 cm³/mol. The van der Waals surface area contributed by atoms with E-state index in [0.717, 1.165) is 29.0 Å². The minimum absolute atomic E-state index is 0.131. The summed E-state index contributed by atoms with van der Waals surface area (Å²) in [5, 5.41) is 4.45. The minimum atomic E-state index is -0.131. The summed E-state index contributed by atoms with van der Waals surface area (Å²) in [4.78, 5) is 0. The highest BCUT2D eigenvalue weighted by Gasteiger charge is 2.23. The van der Waals surface area contributed by atoms with Crippen molar-refractivity contribution in [2.45, 2.75) is 38.3 Å². The van der Waals surface area contributed by atoms with Crippen molar-refractivity contribution < 1.29 is 4.74 Å². The van der Waals surface area contributed by atoms with Gasteiger partial charge in [0.2, 0.25) is 0 Å². The van der Waals surface area contributed by atoms with Crippen LogP contribution in [0.3, 0.4) is 0 Å². The Kier molecular flexibility index (Phi) is 3.49. The van der Waals surface area contributed by atoms with E-state index < -0.39 is 0 Å². The molecule has 1 aliphatic rings. The summed E-state index contributed by atoms with van der Waals surface area (Å²) >= 11 is 0. The summed E-state index contributed by atoms with van der Waals surface area (Å²) < 4.78 is 7.59. The Morgan fingerprint density at radius 1 is 1.35 bits per heavy atom. The quantitative estimate of drug-likeness (QED) is 0.909. The highest BCUT2D eigenvalue weighted by molar-refractivity contribution is 5.36. The summed E-state index contributed by atoms with van der Waals surface area (Å²) in [6.07, 6.45) is 5.69. The van der Waals surface area contributed by atoms with Crippen LogP contribution in [0.1, 0.15) is 42.6 Å². The van der Waals surface area contributed by atoms with Gasteiger partial charge in [-0.25, -0.2) is 0 Å². The van der Waals surface area contributed by atoms with Gasteiger partial charge in [-0.15, -0.1) is 0 Å². The standard InChI is InChI=1S/C16H21N3O/c1-3-15-14(10-19(2)18-15)16(17)11-4-6-12(7-5-11)20-13-8-9-13/h4-7,10,13,16H,3,8-9,17H2,1-2H3. The molecule has 1 unspecified atom stereocenters. The molecule has 1 aliphatic carbocycles. The van der Waals surface area contributed by atoms with Gasteiger partial charge >= 0.3 is 0 Å². The average molecular weight is 271 g/mol. The van der Waals surface area contributed by atoms with Crippen molar-refractivity contribution in [3.63, 3.8) is 0 Å². The first-order chi connectivity index (χ1) is 9.67. The molecule has 0 spiro atoms. The van der Waals surface area contributed by atoms with E-state index in [1.54, 1.807) is 0 Å². The molecule has 106 valence electrons. The minimum Gasteiger partial charge on any atom is -0.490 e. The molecule has 3 rings (SSSR count). The smallest absolute Gasteiger partial charge is 0.119 e. The van der Waals surface area contributed by atoms with Crippen LogP contribution in [0.2, 0.25) is 0 Å². The molecular formula is C16H21N3O. The summed E-state index contributed by atoms with van der Waals surface area (Å²) in [6.45, 7) is 2.10. The van der Waals surface area contributed by atoms with Gasteiger partial charge in [0.15, 0.2) is 0 Å². The van der Waals surface area contributed by atoms with Gasteiger partial charge in [0, 0.05) is 18.8 Å². The number of nitrogens with zero attached hydrogens (tertiary/aromatic N) is 2. The third-order valence-corrected chi connectivity index (χ3v) is 3.67. The Hall–Kier alpha value is -1.81. The maximum atomic E-state index is 6.38. The molecule has 4 nitrogen and oxygen atoms in total. The first-order valence-electron chi connectivity index (χ1n) is 7.22. The molecule has 2 aromatic rings. The van der Waals surface area contributed by atoms with Crippen LogP contribution < -0.4 is 10.5 Å². The van der Waals surface area contributed by atoms with Crippen molar-refractivity contribution in [2.24, 2.45) is 12.8 Å². The summed E-state index contributed by atoms with van der Waals surface area (Å²) in [6, 6.07) is 7.99. The van der Waals surface area contributed by atoms with E-state index >= 15 is 0 Å². The van der Waals surface area contributed by atoms with E-state index in [9.17, 15) is 0 Å². The zero-order chi connectivity index (χ0) is 14.1. The molecular weight excluding hydrogens is 250 g/mol. The molecule has 2 N–H and O–H groups in total. The second kappa shape index (κ2) is 5.29. The zero-order valence-electron chi connectivity index (χ0n) is 12.0. The van der Waals surface area contributed by atoms with Crippen LogP contribution in [0.4, 0.5) is 0 Å². The first-order valence-corrected chi connectivity index (χ1v) is 7.22. The Morgan fingerprint density at radius 3 is 2.65 bits per heavy atom. The van der Waals surface area contributed by atoms with Gasteiger partial charge < -0.3 is 10.5 Å². The Balaban J connectivity index is 1.79. The Labute approximate surface area is 119 Å². The lowest BCUT2D eigenvalue weighted by Crippen LogP contribution is -2.13. The number of rotatable bonds is 5. The second-order valence-electron chi connectivity index (χ2n) is 5.42. The summed E-state index contributed by atoms with van der Waals surface area (Å²) in [7, 11) is 1.93. The van der Waals surface area contributed by atoms with Gasteiger partial charge in [0.1, 0.15) is 5.75 Å². The maximum Gasteiger partial charge on any atom is 0.119 e. The topological polar surface area (TPSA) is 53.1 Å². The largest absolute Gasteiger partial charge is 0.490 e. The van der Waals surface area contributed by atoms with Gasteiger partial charge in [0.25, 0.3) is 0 Å². The van der Waals surface area contributed by atoms with E-state index in [0.29, 0.717) is 6.10 Å².